The normalized spacial score (nSPS) is 26.2. The summed E-state index contributed by atoms with van der Waals surface area (Å²) in [7, 11) is 0. The van der Waals surface area contributed by atoms with Crippen LogP contribution in [-0.2, 0) is 0 Å². The Morgan fingerprint density at radius 1 is 1.55 bits per heavy atom. The molecule has 66 valence electrons. The van der Waals surface area contributed by atoms with Crippen LogP contribution in [0.15, 0.2) is 0 Å². The maximum atomic E-state index is 8.99. The third-order valence-corrected chi connectivity index (χ3v) is 2.30. The van der Waals surface area contributed by atoms with Gasteiger partial charge in [-0.3, -0.25) is 0 Å². The molecule has 1 aliphatic rings. The molecule has 1 rings (SSSR count). The highest BCUT2D eigenvalue weighted by Crippen LogP contribution is 2.39. The molecule has 0 bridgehead atoms. The van der Waals surface area contributed by atoms with E-state index >= 15 is 0 Å². The average Bonchev–Trinajstić information content (AvgIpc) is 1.78. The summed E-state index contributed by atoms with van der Waals surface area (Å²) < 4.78 is 0. The zero-order valence-corrected chi connectivity index (χ0v) is 7.72. The number of hydrogen-bond acceptors (Lipinski definition) is 2. The van der Waals surface area contributed by atoms with Crippen molar-refractivity contribution in [3.8, 4) is 0 Å². The molecule has 1 saturated carbocycles. The van der Waals surface area contributed by atoms with Crippen molar-refractivity contribution in [1.29, 1.82) is 0 Å². The van der Waals surface area contributed by atoms with Crippen molar-refractivity contribution in [2.45, 2.75) is 45.8 Å². The van der Waals surface area contributed by atoms with Gasteiger partial charge >= 0.3 is 0 Å². The van der Waals surface area contributed by atoms with Gasteiger partial charge in [-0.15, -0.1) is 0 Å². The maximum Gasteiger partial charge on any atom is 0.0636 e. The van der Waals surface area contributed by atoms with Gasteiger partial charge in [-0.25, -0.2) is 0 Å². The molecule has 0 amide bonds. The monoisotopic (exact) mass is 157 g/mol. The molecule has 0 saturated heterocycles. The van der Waals surface area contributed by atoms with Crippen LogP contribution in [-0.4, -0.2) is 23.8 Å². The van der Waals surface area contributed by atoms with Crippen molar-refractivity contribution in [3.05, 3.63) is 0 Å². The molecular formula is C9H19NO. The Bertz CT molecular complexity index is 124. The Kier molecular flexibility index (Phi) is 2.55. The van der Waals surface area contributed by atoms with Crippen LogP contribution in [0.3, 0.4) is 0 Å². The Hall–Kier alpha value is -0.0800. The molecule has 0 radical (unpaired) electrons. The smallest absolute Gasteiger partial charge is 0.0636 e. The summed E-state index contributed by atoms with van der Waals surface area (Å²) in [6.45, 7) is 7.12. The lowest BCUT2D eigenvalue weighted by Gasteiger charge is -2.43. The molecule has 1 atom stereocenters. The van der Waals surface area contributed by atoms with Crippen molar-refractivity contribution in [1.82, 2.24) is 5.32 Å². The molecule has 0 aromatic heterocycles. The standard InChI is InChI=1S/C9H19NO/c1-7(11)6-10-8-4-9(2,3)5-8/h7-8,10-11H,4-6H2,1-3H3/t7-/m1/s1. The van der Waals surface area contributed by atoms with E-state index in [-0.39, 0.29) is 6.10 Å². The first-order valence-corrected chi connectivity index (χ1v) is 4.41. The van der Waals surface area contributed by atoms with E-state index in [2.05, 4.69) is 19.2 Å². The van der Waals surface area contributed by atoms with Crippen molar-refractivity contribution in [3.63, 3.8) is 0 Å². The first kappa shape index (κ1) is 9.01. The van der Waals surface area contributed by atoms with Crippen LogP contribution < -0.4 is 5.32 Å². The lowest BCUT2D eigenvalue weighted by Crippen LogP contribution is -2.47. The minimum Gasteiger partial charge on any atom is -0.392 e. The van der Waals surface area contributed by atoms with Gasteiger partial charge in [0.1, 0.15) is 0 Å². The van der Waals surface area contributed by atoms with Crippen LogP contribution >= 0.6 is 0 Å². The number of aliphatic hydroxyl groups excluding tert-OH is 1. The van der Waals surface area contributed by atoms with Gasteiger partial charge in [-0.05, 0) is 25.2 Å². The summed E-state index contributed by atoms with van der Waals surface area (Å²) >= 11 is 0. The highest BCUT2D eigenvalue weighted by atomic mass is 16.3. The Balaban J connectivity index is 2.05. The summed E-state index contributed by atoms with van der Waals surface area (Å²) in [5.41, 5.74) is 0.538. The van der Waals surface area contributed by atoms with E-state index in [1.54, 1.807) is 0 Å². The molecule has 0 aliphatic heterocycles. The highest BCUT2D eigenvalue weighted by molar-refractivity contribution is 4.91. The van der Waals surface area contributed by atoms with E-state index in [1.807, 2.05) is 6.92 Å². The van der Waals surface area contributed by atoms with Crippen LogP contribution in [0.25, 0.3) is 0 Å². The van der Waals surface area contributed by atoms with Gasteiger partial charge in [0.2, 0.25) is 0 Å². The van der Waals surface area contributed by atoms with Crippen LogP contribution in [0.4, 0.5) is 0 Å². The zero-order valence-electron chi connectivity index (χ0n) is 7.72. The van der Waals surface area contributed by atoms with E-state index in [0.717, 1.165) is 6.54 Å². The molecular weight excluding hydrogens is 138 g/mol. The fourth-order valence-electron chi connectivity index (χ4n) is 1.76. The van der Waals surface area contributed by atoms with E-state index in [0.29, 0.717) is 11.5 Å². The second-order valence-corrected chi connectivity index (χ2v) is 4.53. The average molecular weight is 157 g/mol. The van der Waals surface area contributed by atoms with Gasteiger partial charge in [0, 0.05) is 12.6 Å². The molecule has 2 nitrogen and oxygen atoms in total. The van der Waals surface area contributed by atoms with Gasteiger partial charge in [0.25, 0.3) is 0 Å². The maximum absolute atomic E-state index is 8.99. The van der Waals surface area contributed by atoms with E-state index in [1.165, 1.54) is 12.8 Å². The van der Waals surface area contributed by atoms with Gasteiger partial charge in [0.15, 0.2) is 0 Å². The minimum atomic E-state index is -0.210. The van der Waals surface area contributed by atoms with Crippen molar-refractivity contribution < 1.29 is 5.11 Å². The van der Waals surface area contributed by atoms with Gasteiger partial charge in [-0.1, -0.05) is 13.8 Å². The van der Waals surface area contributed by atoms with Crippen molar-refractivity contribution in [2.24, 2.45) is 5.41 Å². The van der Waals surface area contributed by atoms with Gasteiger partial charge in [-0.2, -0.15) is 0 Å². The van der Waals surface area contributed by atoms with Crippen molar-refractivity contribution in [2.75, 3.05) is 6.54 Å². The number of aliphatic hydroxyl groups is 1. The third kappa shape index (κ3) is 2.80. The summed E-state index contributed by atoms with van der Waals surface area (Å²) in [6, 6.07) is 0.652. The molecule has 0 aromatic carbocycles. The number of rotatable bonds is 3. The summed E-state index contributed by atoms with van der Waals surface area (Å²) in [6.07, 6.45) is 2.29. The molecule has 1 fully saturated rings. The molecule has 0 unspecified atom stereocenters. The lowest BCUT2D eigenvalue weighted by atomic mass is 9.68. The molecule has 2 N–H and O–H groups in total. The second-order valence-electron chi connectivity index (χ2n) is 4.53. The van der Waals surface area contributed by atoms with Crippen molar-refractivity contribution >= 4 is 0 Å². The number of nitrogens with one attached hydrogen (secondary N) is 1. The molecule has 0 aromatic rings. The van der Waals surface area contributed by atoms with Crippen LogP contribution in [0.1, 0.15) is 33.6 Å². The predicted molar refractivity (Wildman–Crippen MR) is 46.5 cm³/mol. The SMILES string of the molecule is C[C@@H](O)CNC1CC(C)(C)C1. The van der Waals surface area contributed by atoms with Gasteiger partial charge < -0.3 is 10.4 Å². The summed E-state index contributed by atoms with van der Waals surface area (Å²) in [5.74, 6) is 0. The van der Waals surface area contributed by atoms with E-state index in [9.17, 15) is 0 Å². The molecule has 0 heterocycles. The fourth-order valence-corrected chi connectivity index (χ4v) is 1.76. The lowest BCUT2D eigenvalue weighted by molar-refractivity contribution is 0.107. The Morgan fingerprint density at radius 2 is 2.09 bits per heavy atom. The van der Waals surface area contributed by atoms with Gasteiger partial charge in [0.05, 0.1) is 6.10 Å². The molecule has 2 heteroatoms. The first-order valence-electron chi connectivity index (χ1n) is 4.41. The molecule has 0 spiro atoms. The predicted octanol–water partition coefficient (Wildman–Crippen LogP) is 1.15. The Labute approximate surface area is 69.0 Å². The molecule has 1 aliphatic carbocycles. The Morgan fingerprint density at radius 3 is 2.45 bits per heavy atom. The summed E-state index contributed by atoms with van der Waals surface area (Å²) in [5, 5.41) is 12.3. The third-order valence-electron chi connectivity index (χ3n) is 2.30. The second kappa shape index (κ2) is 3.11. The van der Waals surface area contributed by atoms with Crippen LogP contribution in [0.2, 0.25) is 0 Å². The first-order chi connectivity index (χ1) is 4.99. The van der Waals surface area contributed by atoms with Crippen LogP contribution in [0, 0.1) is 5.41 Å². The fraction of sp³-hybridized carbons (Fsp3) is 1.00. The minimum absolute atomic E-state index is 0.210. The quantitative estimate of drug-likeness (QED) is 0.644. The number of hydrogen-bond donors (Lipinski definition) is 2. The van der Waals surface area contributed by atoms with E-state index < -0.39 is 0 Å². The summed E-state index contributed by atoms with van der Waals surface area (Å²) in [4.78, 5) is 0. The zero-order chi connectivity index (χ0) is 8.48. The topological polar surface area (TPSA) is 32.3 Å². The van der Waals surface area contributed by atoms with E-state index in [4.69, 9.17) is 5.11 Å². The molecule has 11 heavy (non-hydrogen) atoms. The largest absolute Gasteiger partial charge is 0.392 e. The van der Waals surface area contributed by atoms with Crippen LogP contribution in [0.5, 0.6) is 0 Å². The highest BCUT2D eigenvalue weighted by Gasteiger charge is 2.35.